The molecule has 1 aliphatic rings. The van der Waals surface area contributed by atoms with Crippen LogP contribution in [-0.4, -0.2) is 34.8 Å². The van der Waals surface area contributed by atoms with Crippen molar-refractivity contribution < 1.29 is 13.9 Å². The van der Waals surface area contributed by atoms with E-state index in [1.807, 2.05) is 18.2 Å². The molecule has 0 atom stereocenters. The van der Waals surface area contributed by atoms with Gasteiger partial charge in [-0.05, 0) is 36.4 Å². The fraction of sp³-hybridized carbons (Fsp3) is 0.250. The topological polar surface area (TPSA) is 77.3 Å². The minimum absolute atomic E-state index is 0.0191. The highest BCUT2D eigenvalue weighted by Gasteiger charge is 2.22. The molecule has 1 aliphatic heterocycles. The SMILES string of the molecule is OCCNc1nc2cc(N3CCc4[nH]c5ccc(F)cc5c4C3)ccc2o1. The van der Waals surface area contributed by atoms with E-state index in [1.54, 1.807) is 12.1 Å². The number of anilines is 2. The number of hydrogen-bond donors (Lipinski definition) is 3. The van der Waals surface area contributed by atoms with Crippen molar-refractivity contribution in [2.24, 2.45) is 0 Å². The molecular formula is C20H19FN4O2. The predicted octanol–water partition coefficient (Wildman–Crippen LogP) is 3.42. The quantitative estimate of drug-likeness (QED) is 0.516. The van der Waals surface area contributed by atoms with Crippen LogP contribution in [0.3, 0.4) is 0 Å². The van der Waals surface area contributed by atoms with Crippen LogP contribution in [0.2, 0.25) is 0 Å². The van der Waals surface area contributed by atoms with Crippen molar-refractivity contribution in [2.45, 2.75) is 13.0 Å². The summed E-state index contributed by atoms with van der Waals surface area (Å²) in [6.07, 6.45) is 0.881. The van der Waals surface area contributed by atoms with Crippen LogP contribution in [0.15, 0.2) is 40.8 Å². The van der Waals surface area contributed by atoms with E-state index in [0.29, 0.717) is 18.1 Å². The molecule has 5 rings (SSSR count). The molecule has 27 heavy (non-hydrogen) atoms. The summed E-state index contributed by atoms with van der Waals surface area (Å²) in [6.45, 7) is 2.01. The van der Waals surface area contributed by atoms with Crippen LogP contribution in [0.4, 0.5) is 16.1 Å². The third-order valence-corrected chi connectivity index (χ3v) is 5.06. The number of hydrogen-bond acceptors (Lipinski definition) is 5. The van der Waals surface area contributed by atoms with Crippen LogP contribution in [0, 0.1) is 5.82 Å². The number of nitrogens with one attached hydrogen (secondary N) is 2. The van der Waals surface area contributed by atoms with Gasteiger partial charge in [0.1, 0.15) is 11.3 Å². The smallest absolute Gasteiger partial charge is 0.295 e. The van der Waals surface area contributed by atoms with Crippen molar-refractivity contribution in [2.75, 3.05) is 29.9 Å². The number of aliphatic hydroxyl groups excluding tert-OH is 1. The molecule has 0 saturated carbocycles. The van der Waals surface area contributed by atoms with Gasteiger partial charge >= 0.3 is 0 Å². The van der Waals surface area contributed by atoms with Gasteiger partial charge < -0.3 is 24.7 Å². The van der Waals surface area contributed by atoms with Crippen LogP contribution in [-0.2, 0) is 13.0 Å². The van der Waals surface area contributed by atoms with Gasteiger partial charge in [-0.3, -0.25) is 0 Å². The molecule has 3 heterocycles. The number of nitrogens with zero attached hydrogens (tertiary/aromatic N) is 2. The van der Waals surface area contributed by atoms with E-state index in [-0.39, 0.29) is 12.4 Å². The summed E-state index contributed by atoms with van der Waals surface area (Å²) in [5.41, 5.74) is 5.84. The van der Waals surface area contributed by atoms with Crippen molar-refractivity contribution >= 4 is 33.7 Å². The molecule has 0 aliphatic carbocycles. The number of H-pyrrole nitrogens is 1. The molecule has 0 amide bonds. The monoisotopic (exact) mass is 366 g/mol. The van der Waals surface area contributed by atoms with E-state index in [0.717, 1.165) is 47.2 Å². The van der Waals surface area contributed by atoms with Crippen molar-refractivity contribution in [3.63, 3.8) is 0 Å². The minimum atomic E-state index is -0.214. The maximum atomic E-state index is 13.7. The molecule has 0 radical (unpaired) electrons. The molecule has 138 valence electrons. The van der Waals surface area contributed by atoms with Crippen LogP contribution < -0.4 is 10.2 Å². The van der Waals surface area contributed by atoms with E-state index in [9.17, 15) is 4.39 Å². The first-order valence-corrected chi connectivity index (χ1v) is 9.00. The summed E-state index contributed by atoms with van der Waals surface area (Å²) in [7, 11) is 0. The van der Waals surface area contributed by atoms with Crippen molar-refractivity contribution in [3.8, 4) is 0 Å². The Kier molecular flexibility index (Phi) is 3.75. The second kappa shape index (κ2) is 6.28. The fourth-order valence-electron chi connectivity index (χ4n) is 3.76. The lowest BCUT2D eigenvalue weighted by atomic mass is 10.0. The molecule has 0 fully saturated rings. The first-order chi connectivity index (χ1) is 13.2. The van der Waals surface area contributed by atoms with Gasteiger partial charge in [0.05, 0.1) is 6.61 Å². The summed E-state index contributed by atoms with van der Waals surface area (Å²) < 4.78 is 19.3. The average Bonchev–Trinajstić information content (AvgIpc) is 3.25. The number of fused-ring (bicyclic) bond motifs is 4. The summed E-state index contributed by atoms with van der Waals surface area (Å²) in [5, 5.41) is 12.8. The van der Waals surface area contributed by atoms with Gasteiger partial charge in [0.25, 0.3) is 6.01 Å². The summed E-state index contributed by atoms with van der Waals surface area (Å²) in [5.74, 6) is -0.214. The van der Waals surface area contributed by atoms with E-state index < -0.39 is 0 Å². The average molecular weight is 366 g/mol. The van der Waals surface area contributed by atoms with Gasteiger partial charge in [-0.1, -0.05) is 0 Å². The Balaban J connectivity index is 1.47. The molecule has 6 nitrogen and oxygen atoms in total. The summed E-state index contributed by atoms with van der Waals surface area (Å²) in [6, 6.07) is 11.2. The van der Waals surface area contributed by atoms with Gasteiger partial charge in [-0.2, -0.15) is 4.98 Å². The van der Waals surface area contributed by atoms with Crippen LogP contribution in [0.5, 0.6) is 0 Å². The van der Waals surface area contributed by atoms with Crippen LogP contribution in [0.25, 0.3) is 22.0 Å². The first kappa shape index (κ1) is 16.1. The molecule has 4 aromatic rings. The van der Waals surface area contributed by atoms with E-state index in [1.165, 1.54) is 11.8 Å². The lowest BCUT2D eigenvalue weighted by Gasteiger charge is -2.29. The van der Waals surface area contributed by atoms with Crippen LogP contribution in [0.1, 0.15) is 11.3 Å². The van der Waals surface area contributed by atoms with Gasteiger partial charge in [0.2, 0.25) is 0 Å². The number of rotatable bonds is 4. The molecular weight excluding hydrogens is 347 g/mol. The lowest BCUT2D eigenvalue weighted by Crippen LogP contribution is -2.29. The van der Waals surface area contributed by atoms with Crippen molar-refractivity contribution in [3.05, 3.63) is 53.5 Å². The molecule has 7 heteroatoms. The summed E-state index contributed by atoms with van der Waals surface area (Å²) in [4.78, 5) is 10.1. The second-order valence-electron chi connectivity index (χ2n) is 6.76. The highest BCUT2D eigenvalue weighted by molar-refractivity contribution is 5.86. The maximum Gasteiger partial charge on any atom is 0.295 e. The number of aliphatic hydroxyl groups is 1. The Bertz CT molecular complexity index is 1130. The third kappa shape index (κ3) is 2.80. The Morgan fingerprint density at radius 1 is 1.26 bits per heavy atom. The van der Waals surface area contributed by atoms with E-state index >= 15 is 0 Å². The zero-order valence-corrected chi connectivity index (χ0v) is 14.6. The Hall–Kier alpha value is -3.06. The molecule has 0 bridgehead atoms. The van der Waals surface area contributed by atoms with Crippen molar-refractivity contribution in [1.82, 2.24) is 9.97 Å². The Morgan fingerprint density at radius 3 is 3.07 bits per heavy atom. The zero-order chi connectivity index (χ0) is 18.4. The number of benzene rings is 2. The molecule has 0 unspecified atom stereocenters. The van der Waals surface area contributed by atoms with Crippen molar-refractivity contribution in [1.29, 1.82) is 0 Å². The van der Waals surface area contributed by atoms with Crippen LogP contribution >= 0.6 is 0 Å². The van der Waals surface area contributed by atoms with E-state index in [2.05, 4.69) is 20.2 Å². The fourth-order valence-corrected chi connectivity index (χ4v) is 3.76. The Labute approximate surface area is 154 Å². The molecule has 2 aromatic carbocycles. The number of oxazole rings is 1. The van der Waals surface area contributed by atoms with E-state index in [4.69, 9.17) is 9.52 Å². The molecule has 3 N–H and O–H groups in total. The van der Waals surface area contributed by atoms with Gasteiger partial charge in [0, 0.05) is 53.9 Å². The molecule has 2 aromatic heterocycles. The summed E-state index contributed by atoms with van der Waals surface area (Å²) >= 11 is 0. The standard InChI is InChI=1S/C20H19FN4O2/c21-12-1-3-16-14(9-12)15-11-25(7-5-17(15)23-16)13-2-4-19-18(10-13)24-20(27-19)22-6-8-26/h1-4,9-10,23,26H,5-8,11H2,(H,22,24). The van der Waals surface area contributed by atoms with Gasteiger partial charge in [-0.15, -0.1) is 0 Å². The zero-order valence-electron chi connectivity index (χ0n) is 14.6. The highest BCUT2D eigenvalue weighted by Crippen LogP contribution is 2.32. The normalized spacial score (nSPS) is 14.1. The number of aromatic nitrogens is 2. The maximum absolute atomic E-state index is 13.7. The third-order valence-electron chi connectivity index (χ3n) is 5.06. The minimum Gasteiger partial charge on any atom is -0.424 e. The lowest BCUT2D eigenvalue weighted by molar-refractivity contribution is 0.310. The number of halogens is 1. The Morgan fingerprint density at radius 2 is 2.19 bits per heavy atom. The largest absolute Gasteiger partial charge is 0.424 e. The first-order valence-electron chi connectivity index (χ1n) is 9.00. The predicted molar refractivity (Wildman–Crippen MR) is 103 cm³/mol. The molecule has 0 saturated heterocycles. The molecule has 0 spiro atoms. The van der Waals surface area contributed by atoms with Gasteiger partial charge in [-0.25, -0.2) is 4.39 Å². The number of aromatic amines is 1. The second-order valence-corrected chi connectivity index (χ2v) is 6.76. The highest BCUT2D eigenvalue weighted by atomic mass is 19.1. The van der Waals surface area contributed by atoms with Gasteiger partial charge in [0.15, 0.2) is 5.58 Å².